The van der Waals surface area contributed by atoms with Crippen molar-refractivity contribution in [2.45, 2.75) is 13.8 Å². The largest absolute Gasteiger partial charge is 0.423 e. The van der Waals surface area contributed by atoms with E-state index >= 15 is 0 Å². The van der Waals surface area contributed by atoms with E-state index in [4.69, 9.17) is 15.3 Å². The molecule has 3 rings (SSSR count). The van der Waals surface area contributed by atoms with Crippen molar-refractivity contribution in [3.63, 3.8) is 0 Å². The Kier molecular flexibility index (Phi) is 5.65. The maximum absolute atomic E-state index is 12.5. The highest BCUT2D eigenvalue weighted by Gasteiger charge is 2.15. The van der Waals surface area contributed by atoms with Crippen LogP contribution in [0.2, 0.25) is 0 Å². The lowest BCUT2D eigenvalue weighted by Crippen LogP contribution is -2.31. The second-order valence-electron chi connectivity index (χ2n) is 5.83. The molecule has 0 aliphatic rings. The molecule has 0 saturated heterocycles. The molecular weight excluding hydrogens is 378 g/mol. The molecule has 2 aromatic carbocycles. The van der Waals surface area contributed by atoms with Gasteiger partial charge in [0, 0.05) is 19.9 Å². The van der Waals surface area contributed by atoms with E-state index in [9.17, 15) is 14.4 Å². The highest BCUT2D eigenvalue weighted by Crippen LogP contribution is 2.30. The van der Waals surface area contributed by atoms with Crippen LogP contribution >= 0.6 is 0 Å². The molecule has 0 saturated carbocycles. The van der Waals surface area contributed by atoms with Crippen LogP contribution in [-0.2, 0) is 9.59 Å². The topological polar surface area (TPSA) is 130 Å². The minimum Gasteiger partial charge on any atom is -0.423 e. The Bertz CT molecular complexity index is 1110. The van der Waals surface area contributed by atoms with Crippen LogP contribution in [0.1, 0.15) is 13.8 Å². The summed E-state index contributed by atoms with van der Waals surface area (Å²) < 4.78 is 11.2. The quantitative estimate of drug-likeness (QED) is 0.295. The van der Waals surface area contributed by atoms with Crippen LogP contribution in [0.25, 0.3) is 5.69 Å². The number of hydrogen-bond donors (Lipinski definition) is 1. The normalized spacial score (nSPS) is 10.3. The van der Waals surface area contributed by atoms with Gasteiger partial charge in [-0.2, -0.15) is 4.98 Å². The maximum atomic E-state index is 12.5. The van der Waals surface area contributed by atoms with Crippen LogP contribution in [0, 0.1) is 0 Å². The van der Waals surface area contributed by atoms with Gasteiger partial charge in [0.25, 0.3) is 5.95 Å². The van der Waals surface area contributed by atoms with E-state index in [1.807, 2.05) is 6.07 Å². The van der Waals surface area contributed by atoms with Gasteiger partial charge in [-0.05, 0) is 24.3 Å². The molecule has 29 heavy (non-hydrogen) atoms. The summed E-state index contributed by atoms with van der Waals surface area (Å²) in [6.07, 6.45) is 1.24. The molecule has 10 nitrogen and oxygen atoms in total. The summed E-state index contributed by atoms with van der Waals surface area (Å²) in [5, 5.41) is 1.18. The standard InChI is InChI=1S/C19H17N5O5/c1-12(25)28-16-9-8-15(10-17(16)29-13(2)26)23-11-21-18(22-19(23)27)24(20)14-6-4-3-5-7-14/h3-11H,20H2,1-2H3. The summed E-state index contributed by atoms with van der Waals surface area (Å²) in [7, 11) is 0. The van der Waals surface area contributed by atoms with Gasteiger partial charge in [0.1, 0.15) is 6.33 Å². The summed E-state index contributed by atoms with van der Waals surface area (Å²) in [4.78, 5) is 43.1. The van der Waals surface area contributed by atoms with E-state index in [-0.39, 0.29) is 17.4 Å². The van der Waals surface area contributed by atoms with Gasteiger partial charge in [0.05, 0.1) is 11.4 Å². The van der Waals surface area contributed by atoms with E-state index in [0.29, 0.717) is 11.4 Å². The predicted molar refractivity (Wildman–Crippen MR) is 103 cm³/mol. The molecule has 1 heterocycles. The van der Waals surface area contributed by atoms with Gasteiger partial charge in [-0.1, -0.05) is 18.2 Å². The van der Waals surface area contributed by atoms with Crippen molar-refractivity contribution >= 4 is 23.6 Å². The van der Waals surface area contributed by atoms with Gasteiger partial charge in [0.15, 0.2) is 11.5 Å². The highest BCUT2D eigenvalue weighted by molar-refractivity contribution is 5.74. The monoisotopic (exact) mass is 395 g/mol. The van der Waals surface area contributed by atoms with Gasteiger partial charge >= 0.3 is 17.6 Å². The number of esters is 2. The Balaban J connectivity index is 1.97. The lowest BCUT2D eigenvalue weighted by molar-refractivity contribution is -0.134. The van der Waals surface area contributed by atoms with Crippen molar-refractivity contribution in [3.05, 3.63) is 65.3 Å². The Morgan fingerprint density at radius 1 is 1.00 bits per heavy atom. The van der Waals surface area contributed by atoms with Gasteiger partial charge in [-0.15, -0.1) is 0 Å². The van der Waals surface area contributed by atoms with Gasteiger partial charge < -0.3 is 9.47 Å². The molecule has 0 aliphatic heterocycles. The smallest absolute Gasteiger partial charge is 0.356 e. The summed E-state index contributed by atoms with van der Waals surface area (Å²) >= 11 is 0. The predicted octanol–water partition coefficient (Wildman–Crippen LogP) is 1.49. The highest BCUT2D eigenvalue weighted by atomic mass is 16.6. The number of ether oxygens (including phenoxy) is 2. The number of para-hydroxylation sites is 1. The number of anilines is 2. The van der Waals surface area contributed by atoms with E-state index in [1.54, 1.807) is 24.3 Å². The lowest BCUT2D eigenvalue weighted by atomic mass is 10.2. The first kappa shape index (κ1) is 19.7. The molecule has 0 unspecified atom stereocenters. The number of hydrogen-bond acceptors (Lipinski definition) is 9. The SMILES string of the molecule is CC(=O)Oc1ccc(-n2cnc(N(N)c3ccccc3)nc2=O)cc1OC(C)=O. The molecule has 0 fully saturated rings. The zero-order chi connectivity index (χ0) is 21.0. The second kappa shape index (κ2) is 8.31. The number of carbonyl (C=O) groups is 2. The fraction of sp³-hybridized carbons (Fsp3) is 0.105. The Morgan fingerprint density at radius 3 is 2.28 bits per heavy atom. The van der Waals surface area contributed by atoms with Crippen molar-refractivity contribution < 1.29 is 19.1 Å². The molecule has 148 valence electrons. The molecule has 0 spiro atoms. The zero-order valence-electron chi connectivity index (χ0n) is 15.6. The van der Waals surface area contributed by atoms with E-state index < -0.39 is 17.6 Å². The molecule has 10 heteroatoms. The first-order chi connectivity index (χ1) is 13.8. The van der Waals surface area contributed by atoms with Crippen LogP contribution in [-0.4, -0.2) is 26.5 Å². The Labute approximate surface area is 165 Å². The molecular formula is C19H17N5O5. The van der Waals surface area contributed by atoms with Crippen molar-refractivity contribution in [2.75, 3.05) is 5.01 Å². The first-order valence-electron chi connectivity index (χ1n) is 8.42. The third-order valence-corrected chi connectivity index (χ3v) is 3.65. The minimum atomic E-state index is -0.657. The number of nitrogens with zero attached hydrogens (tertiary/aromatic N) is 4. The number of benzene rings is 2. The summed E-state index contributed by atoms with van der Waals surface area (Å²) in [5.41, 5.74) is 0.250. The second-order valence-corrected chi connectivity index (χ2v) is 5.83. The third-order valence-electron chi connectivity index (χ3n) is 3.65. The molecule has 0 atom stereocenters. The van der Waals surface area contributed by atoms with E-state index in [0.717, 1.165) is 4.57 Å². The molecule has 0 bridgehead atoms. The maximum Gasteiger partial charge on any atom is 0.356 e. The lowest BCUT2D eigenvalue weighted by Gasteiger charge is -2.16. The number of aromatic nitrogens is 3. The van der Waals surface area contributed by atoms with Crippen LogP contribution in [0.15, 0.2) is 59.7 Å². The van der Waals surface area contributed by atoms with Crippen molar-refractivity contribution in [1.82, 2.24) is 14.5 Å². The Morgan fingerprint density at radius 2 is 1.66 bits per heavy atom. The van der Waals surface area contributed by atoms with Crippen LogP contribution in [0.3, 0.4) is 0 Å². The third kappa shape index (κ3) is 4.62. The van der Waals surface area contributed by atoms with Crippen LogP contribution < -0.4 is 26.0 Å². The summed E-state index contributed by atoms with van der Waals surface area (Å²) in [5.74, 6) is 4.80. The van der Waals surface area contributed by atoms with Gasteiger partial charge in [-0.3, -0.25) is 14.2 Å². The average Bonchev–Trinajstić information content (AvgIpc) is 2.68. The molecule has 0 amide bonds. The van der Waals surface area contributed by atoms with Crippen molar-refractivity contribution in [3.8, 4) is 17.2 Å². The van der Waals surface area contributed by atoms with E-state index in [2.05, 4.69) is 9.97 Å². The summed E-state index contributed by atoms with van der Waals surface area (Å²) in [6.45, 7) is 2.42. The minimum absolute atomic E-state index is 0.00851. The molecule has 0 aliphatic carbocycles. The number of nitrogens with two attached hydrogens (primary N) is 1. The number of rotatable bonds is 5. The Hall–Kier alpha value is -4.05. The van der Waals surface area contributed by atoms with Crippen LogP contribution in [0.4, 0.5) is 11.6 Å². The fourth-order valence-corrected chi connectivity index (χ4v) is 2.44. The number of hydrazine groups is 1. The van der Waals surface area contributed by atoms with E-state index in [1.165, 1.54) is 43.4 Å². The van der Waals surface area contributed by atoms with Crippen molar-refractivity contribution in [1.29, 1.82) is 0 Å². The zero-order valence-corrected chi connectivity index (χ0v) is 15.6. The fourth-order valence-electron chi connectivity index (χ4n) is 2.44. The first-order valence-corrected chi connectivity index (χ1v) is 8.42. The molecule has 2 N–H and O–H groups in total. The summed E-state index contributed by atoms with van der Waals surface area (Å²) in [6, 6.07) is 13.1. The average molecular weight is 395 g/mol. The molecule has 3 aromatic rings. The molecule has 1 aromatic heterocycles. The van der Waals surface area contributed by atoms with Gasteiger partial charge in [0.2, 0.25) is 0 Å². The number of carbonyl (C=O) groups excluding carboxylic acids is 2. The molecule has 0 radical (unpaired) electrons. The van der Waals surface area contributed by atoms with Crippen molar-refractivity contribution in [2.24, 2.45) is 5.84 Å². The van der Waals surface area contributed by atoms with Crippen LogP contribution in [0.5, 0.6) is 11.5 Å². The van der Waals surface area contributed by atoms with Gasteiger partial charge in [-0.25, -0.2) is 20.6 Å².